The topological polar surface area (TPSA) is 62.3 Å². The minimum Gasteiger partial charge on any atom is -0.467 e. The van der Waals surface area contributed by atoms with E-state index in [9.17, 15) is 13.2 Å². The molecule has 0 atom stereocenters. The number of furan rings is 1. The van der Waals surface area contributed by atoms with Gasteiger partial charge < -0.3 is 13.9 Å². The van der Waals surface area contributed by atoms with Crippen LogP contribution in [0.4, 0.5) is 13.2 Å². The van der Waals surface area contributed by atoms with Gasteiger partial charge in [-0.05, 0) is 36.4 Å². The molecule has 34 heavy (non-hydrogen) atoms. The third kappa shape index (κ3) is 4.79. The van der Waals surface area contributed by atoms with Gasteiger partial charge >= 0.3 is 6.18 Å². The Kier molecular flexibility index (Phi) is 6.28. The van der Waals surface area contributed by atoms with Crippen molar-refractivity contribution >= 4 is 23.4 Å². The molecule has 176 valence electrons. The van der Waals surface area contributed by atoms with E-state index in [2.05, 4.69) is 10.2 Å². The van der Waals surface area contributed by atoms with Crippen LogP contribution < -0.4 is 4.74 Å². The molecule has 1 aliphatic rings. The molecule has 0 saturated heterocycles. The summed E-state index contributed by atoms with van der Waals surface area (Å²) >= 11 is 7.69. The van der Waals surface area contributed by atoms with Crippen LogP contribution in [0.25, 0.3) is 11.4 Å². The minimum atomic E-state index is -4.41. The lowest BCUT2D eigenvalue weighted by molar-refractivity contribution is -0.137. The van der Waals surface area contributed by atoms with E-state index >= 15 is 0 Å². The average Bonchev–Trinajstić information content (AvgIpc) is 3.47. The minimum absolute atomic E-state index is 0.166. The predicted molar refractivity (Wildman–Crippen MR) is 120 cm³/mol. The number of benzene rings is 2. The fourth-order valence-corrected chi connectivity index (χ4v) is 4.79. The molecule has 11 heteroatoms. The molecule has 0 amide bonds. The molecule has 0 aliphatic carbocycles. The Hall–Kier alpha value is -2.95. The number of ether oxygens (including phenoxy) is 2. The summed E-state index contributed by atoms with van der Waals surface area (Å²) in [5, 5.41) is 9.73. The Morgan fingerprint density at radius 1 is 1.09 bits per heavy atom. The lowest BCUT2D eigenvalue weighted by atomic mass is 10.1. The molecule has 3 heterocycles. The molecule has 2 aromatic heterocycles. The van der Waals surface area contributed by atoms with Gasteiger partial charge in [0.2, 0.25) is 0 Å². The summed E-state index contributed by atoms with van der Waals surface area (Å²) in [6.07, 6.45) is -2.85. The first-order valence-electron chi connectivity index (χ1n) is 10.2. The fourth-order valence-electron chi connectivity index (χ4n) is 3.62. The molecule has 2 aromatic carbocycles. The molecular formula is C23H17ClF3N3O3S. The maximum absolute atomic E-state index is 13.0. The van der Waals surface area contributed by atoms with Crippen molar-refractivity contribution in [1.29, 1.82) is 0 Å². The van der Waals surface area contributed by atoms with Gasteiger partial charge in [-0.15, -0.1) is 10.2 Å². The summed E-state index contributed by atoms with van der Waals surface area (Å²) in [6.45, 7) is 0.899. The highest BCUT2D eigenvalue weighted by atomic mass is 35.5. The standard InChI is InChI=1S/C23H17ClF3N3O3S/c24-18-8-15-11-31-13-33-20(15)16(9-18)12-34-22-29-28-21(30(22)10-19-2-1-7-32-19)14-3-5-17(6-4-14)23(25,26)27/h1-9H,10-13H2. The predicted octanol–water partition coefficient (Wildman–Crippen LogP) is 6.42. The number of hydrogen-bond donors (Lipinski definition) is 0. The highest BCUT2D eigenvalue weighted by molar-refractivity contribution is 7.98. The number of rotatable bonds is 6. The van der Waals surface area contributed by atoms with Gasteiger partial charge in [-0.3, -0.25) is 4.57 Å². The van der Waals surface area contributed by atoms with Crippen LogP contribution in [-0.2, 0) is 29.8 Å². The van der Waals surface area contributed by atoms with E-state index in [4.69, 9.17) is 25.5 Å². The Labute approximate surface area is 201 Å². The molecule has 4 aromatic rings. The molecule has 6 nitrogen and oxygen atoms in total. The zero-order valence-corrected chi connectivity index (χ0v) is 19.1. The number of aromatic nitrogens is 3. The van der Waals surface area contributed by atoms with Crippen molar-refractivity contribution in [1.82, 2.24) is 14.8 Å². The smallest absolute Gasteiger partial charge is 0.416 e. The number of halogens is 4. The lowest BCUT2D eigenvalue weighted by Crippen LogP contribution is -2.13. The second-order valence-corrected chi connectivity index (χ2v) is 8.88. The van der Waals surface area contributed by atoms with Gasteiger partial charge in [-0.25, -0.2) is 0 Å². The monoisotopic (exact) mass is 507 g/mol. The van der Waals surface area contributed by atoms with Crippen molar-refractivity contribution in [2.24, 2.45) is 0 Å². The molecule has 0 saturated carbocycles. The third-order valence-corrected chi connectivity index (χ3v) is 6.42. The molecule has 1 aliphatic heterocycles. The van der Waals surface area contributed by atoms with Gasteiger partial charge in [0.05, 0.1) is 25.0 Å². The van der Waals surface area contributed by atoms with Crippen molar-refractivity contribution in [2.75, 3.05) is 6.79 Å². The Balaban J connectivity index is 1.46. The molecule has 0 fully saturated rings. The summed E-state index contributed by atoms with van der Waals surface area (Å²) < 4.78 is 57.3. The van der Waals surface area contributed by atoms with Crippen LogP contribution in [0.2, 0.25) is 5.02 Å². The average molecular weight is 508 g/mol. The molecule has 0 unspecified atom stereocenters. The first-order chi connectivity index (χ1) is 16.4. The van der Waals surface area contributed by atoms with Gasteiger partial charge in [-0.2, -0.15) is 13.2 Å². The van der Waals surface area contributed by atoms with Crippen LogP contribution in [0.3, 0.4) is 0 Å². The number of thioether (sulfide) groups is 1. The molecule has 0 spiro atoms. The third-order valence-electron chi connectivity index (χ3n) is 5.19. The van der Waals surface area contributed by atoms with E-state index in [0.717, 1.165) is 29.0 Å². The van der Waals surface area contributed by atoms with Crippen molar-refractivity contribution in [3.63, 3.8) is 0 Å². The molecule has 0 N–H and O–H groups in total. The molecule has 0 radical (unpaired) electrons. The molecule has 5 rings (SSSR count). The van der Waals surface area contributed by atoms with Crippen LogP contribution in [-0.4, -0.2) is 21.6 Å². The van der Waals surface area contributed by atoms with E-state index < -0.39 is 11.7 Å². The summed E-state index contributed by atoms with van der Waals surface area (Å²) in [5.41, 5.74) is 1.55. The summed E-state index contributed by atoms with van der Waals surface area (Å²) in [7, 11) is 0. The Morgan fingerprint density at radius 3 is 2.65 bits per heavy atom. The van der Waals surface area contributed by atoms with Crippen LogP contribution in [0, 0.1) is 0 Å². The maximum atomic E-state index is 13.0. The number of fused-ring (bicyclic) bond motifs is 1. The zero-order valence-electron chi connectivity index (χ0n) is 17.5. The zero-order chi connectivity index (χ0) is 23.7. The summed E-state index contributed by atoms with van der Waals surface area (Å²) in [5.74, 6) is 2.33. The summed E-state index contributed by atoms with van der Waals surface area (Å²) in [4.78, 5) is 0. The lowest BCUT2D eigenvalue weighted by Gasteiger charge is -2.21. The van der Waals surface area contributed by atoms with Gasteiger partial charge in [0.25, 0.3) is 0 Å². The van der Waals surface area contributed by atoms with E-state index in [1.54, 1.807) is 12.3 Å². The van der Waals surface area contributed by atoms with Gasteiger partial charge in [0.1, 0.15) is 11.5 Å². The van der Waals surface area contributed by atoms with Crippen LogP contribution in [0.15, 0.2) is 64.4 Å². The van der Waals surface area contributed by atoms with E-state index in [1.165, 1.54) is 23.9 Å². The Bertz CT molecular complexity index is 1290. The first kappa shape index (κ1) is 22.8. The first-order valence-corrected chi connectivity index (χ1v) is 11.5. The number of nitrogens with zero attached hydrogens (tertiary/aromatic N) is 3. The second kappa shape index (κ2) is 9.36. The van der Waals surface area contributed by atoms with Crippen molar-refractivity contribution in [3.05, 3.63) is 82.3 Å². The summed E-state index contributed by atoms with van der Waals surface area (Å²) in [6, 6.07) is 12.1. The second-order valence-electron chi connectivity index (χ2n) is 7.50. The van der Waals surface area contributed by atoms with Crippen LogP contribution in [0.1, 0.15) is 22.5 Å². The van der Waals surface area contributed by atoms with Gasteiger partial charge in [-0.1, -0.05) is 35.5 Å². The normalized spacial score (nSPS) is 13.5. The van der Waals surface area contributed by atoms with E-state index in [-0.39, 0.29) is 6.79 Å². The molecule has 0 bridgehead atoms. The van der Waals surface area contributed by atoms with E-state index in [1.807, 2.05) is 22.8 Å². The quantitative estimate of drug-likeness (QED) is 0.281. The highest BCUT2D eigenvalue weighted by Crippen LogP contribution is 2.36. The van der Waals surface area contributed by atoms with Crippen LogP contribution >= 0.6 is 23.4 Å². The fraction of sp³-hybridized carbons (Fsp3) is 0.217. The number of hydrogen-bond acceptors (Lipinski definition) is 6. The maximum Gasteiger partial charge on any atom is 0.416 e. The van der Waals surface area contributed by atoms with Crippen molar-refractivity contribution in [3.8, 4) is 17.1 Å². The van der Waals surface area contributed by atoms with Gasteiger partial charge in [0.15, 0.2) is 17.8 Å². The van der Waals surface area contributed by atoms with Crippen molar-refractivity contribution in [2.45, 2.75) is 30.2 Å². The van der Waals surface area contributed by atoms with Gasteiger partial charge in [0, 0.05) is 27.5 Å². The largest absolute Gasteiger partial charge is 0.467 e. The Morgan fingerprint density at radius 2 is 1.91 bits per heavy atom. The number of alkyl halides is 3. The highest BCUT2D eigenvalue weighted by Gasteiger charge is 2.30. The molecular weight excluding hydrogens is 491 g/mol. The van der Waals surface area contributed by atoms with Crippen LogP contribution in [0.5, 0.6) is 5.75 Å². The SMILES string of the molecule is FC(F)(F)c1ccc(-c2nnc(SCc3cc(Cl)cc4c3OCOC4)n2Cc2ccco2)cc1. The van der Waals surface area contributed by atoms with Crippen molar-refractivity contribution < 1.29 is 27.1 Å². The van der Waals surface area contributed by atoms with E-state index in [0.29, 0.717) is 46.2 Å².